The molecule has 0 bridgehead atoms. The molecule has 0 saturated carbocycles. The van der Waals surface area contributed by atoms with Gasteiger partial charge in [0.05, 0.1) is 17.1 Å². The number of carbonyl (C=O) groups excluding carboxylic acids is 2. The number of piperazine rings is 1. The Morgan fingerprint density at radius 2 is 1.54 bits per heavy atom. The Labute approximate surface area is 179 Å². The summed E-state index contributed by atoms with van der Waals surface area (Å²) >= 11 is 17.9. The van der Waals surface area contributed by atoms with Crippen molar-refractivity contribution in [3.05, 3.63) is 68.7 Å². The lowest BCUT2D eigenvalue weighted by molar-refractivity contribution is -0.122. The van der Waals surface area contributed by atoms with Crippen LogP contribution in [-0.4, -0.2) is 54.3 Å². The highest BCUT2D eigenvalue weighted by atomic mass is 35.5. The third kappa shape index (κ3) is 5.61. The summed E-state index contributed by atoms with van der Waals surface area (Å²) in [4.78, 5) is 28.6. The molecule has 1 aliphatic heterocycles. The lowest BCUT2D eigenvalue weighted by Gasteiger charge is -2.34. The average molecular weight is 441 g/mol. The van der Waals surface area contributed by atoms with Crippen LogP contribution in [0.4, 0.5) is 0 Å². The third-order valence-electron chi connectivity index (χ3n) is 4.59. The maximum atomic E-state index is 12.6. The van der Waals surface area contributed by atoms with Crippen molar-refractivity contribution in [2.75, 3.05) is 32.7 Å². The smallest absolute Gasteiger partial charge is 0.255 e. The fraction of sp³-hybridized carbons (Fsp3) is 0.300. The van der Waals surface area contributed by atoms with Crippen molar-refractivity contribution in [1.29, 1.82) is 0 Å². The summed E-state index contributed by atoms with van der Waals surface area (Å²) in [6, 6.07) is 12.2. The molecular weight excluding hydrogens is 421 g/mol. The molecule has 0 radical (unpaired) electrons. The Morgan fingerprint density at radius 1 is 0.893 bits per heavy atom. The largest absolute Gasteiger partial charge is 0.351 e. The van der Waals surface area contributed by atoms with Gasteiger partial charge >= 0.3 is 0 Å². The van der Waals surface area contributed by atoms with Crippen LogP contribution in [0.15, 0.2) is 42.5 Å². The van der Waals surface area contributed by atoms with Crippen LogP contribution >= 0.6 is 34.8 Å². The van der Waals surface area contributed by atoms with Crippen LogP contribution in [0.3, 0.4) is 0 Å². The Kier molecular flexibility index (Phi) is 7.18. The molecule has 3 rings (SSSR count). The second kappa shape index (κ2) is 9.61. The first kappa shape index (κ1) is 20.9. The molecule has 148 valence electrons. The second-order valence-corrected chi connectivity index (χ2v) is 7.88. The number of carbonyl (C=O) groups is 2. The van der Waals surface area contributed by atoms with Crippen molar-refractivity contribution in [3.63, 3.8) is 0 Å². The van der Waals surface area contributed by atoms with Gasteiger partial charge in [0.25, 0.3) is 5.91 Å². The van der Waals surface area contributed by atoms with E-state index in [0.717, 1.165) is 5.56 Å². The molecule has 1 saturated heterocycles. The van der Waals surface area contributed by atoms with E-state index >= 15 is 0 Å². The van der Waals surface area contributed by atoms with Crippen molar-refractivity contribution >= 4 is 46.6 Å². The zero-order valence-electron chi connectivity index (χ0n) is 15.1. The van der Waals surface area contributed by atoms with Crippen molar-refractivity contribution < 1.29 is 9.59 Å². The monoisotopic (exact) mass is 439 g/mol. The minimum absolute atomic E-state index is 0.0459. The average Bonchev–Trinajstić information content (AvgIpc) is 2.68. The molecule has 0 unspecified atom stereocenters. The van der Waals surface area contributed by atoms with E-state index in [1.54, 1.807) is 35.2 Å². The summed E-state index contributed by atoms with van der Waals surface area (Å²) in [6.45, 7) is 3.11. The maximum Gasteiger partial charge on any atom is 0.255 e. The Bertz CT molecular complexity index is 850. The van der Waals surface area contributed by atoms with E-state index in [4.69, 9.17) is 34.8 Å². The summed E-state index contributed by atoms with van der Waals surface area (Å²) in [5.74, 6) is -0.163. The fourth-order valence-electron chi connectivity index (χ4n) is 3.00. The van der Waals surface area contributed by atoms with Crippen molar-refractivity contribution in [3.8, 4) is 0 Å². The summed E-state index contributed by atoms with van der Waals surface area (Å²) in [5, 5.41) is 4.42. The molecular formula is C20H20Cl3N3O2. The predicted molar refractivity (Wildman–Crippen MR) is 112 cm³/mol. The summed E-state index contributed by atoms with van der Waals surface area (Å²) in [7, 11) is 0. The molecule has 0 aromatic heterocycles. The van der Waals surface area contributed by atoms with Crippen LogP contribution in [0.5, 0.6) is 0 Å². The number of hydrogen-bond donors (Lipinski definition) is 1. The Morgan fingerprint density at radius 3 is 2.18 bits per heavy atom. The molecule has 8 heteroatoms. The van der Waals surface area contributed by atoms with E-state index in [1.807, 2.05) is 17.0 Å². The van der Waals surface area contributed by atoms with E-state index in [2.05, 4.69) is 5.32 Å². The highest BCUT2D eigenvalue weighted by Crippen LogP contribution is 2.22. The van der Waals surface area contributed by atoms with E-state index in [9.17, 15) is 9.59 Å². The minimum atomic E-state index is -0.117. The number of halogens is 3. The van der Waals surface area contributed by atoms with Crippen LogP contribution in [0.25, 0.3) is 0 Å². The number of hydrogen-bond acceptors (Lipinski definition) is 3. The Hall–Kier alpha value is -1.79. The predicted octanol–water partition coefficient (Wildman–Crippen LogP) is 3.72. The van der Waals surface area contributed by atoms with Crippen molar-refractivity contribution in [2.45, 2.75) is 6.54 Å². The van der Waals surface area contributed by atoms with Crippen molar-refractivity contribution in [2.24, 2.45) is 0 Å². The lowest BCUT2D eigenvalue weighted by atomic mass is 10.1. The van der Waals surface area contributed by atoms with E-state index in [0.29, 0.717) is 59.9 Å². The fourth-order valence-corrected chi connectivity index (χ4v) is 3.62. The number of rotatable bonds is 5. The standard InChI is InChI=1S/C20H20Cl3N3O2/c21-15-3-1-14(2-4-15)12-24-19(27)13-25-7-9-26(10-8-25)20(28)17-6-5-16(22)11-18(17)23/h1-6,11H,7-10,12-13H2,(H,24,27). The number of nitrogens with one attached hydrogen (secondary N) is 1. The molecule has 1 N–H and O–H groups in total. The van der Waals surface area contributed by atoms with Gasteiger partial charge in [-0.15, -0.1) is 0 Å². The molecule has 28 heavy (non-hydrogen) atoms. The molecule has 1 aliphatic rings. The molecule has 2 aromatic rings. The molecule has 1 fully saturated rings. The normalized spacial score (nSPS) is 14.8. The summed E-state index contributed by atoms with van der Waals surface area (Å²) < 4.78 is 0. The van der Waals surface area contributed by atoms with Crippen LogP contribution in [0.1, 0.15) is 15.9 Å². The highest BCUT2D eigenvalue weighted by molar-refractivity contribution is 6.36. The van der Waals surface area contributed by atoms with Crippen LogP contribution in [-0.2, 0) is 11.3 Å². The molecule has 2 aromatic carbocycles. The topological polar surface area (TPSA) is 52.7 Å². The van der Waals surface area contributed by atoms with Gasteiger partial charge < -0.3 is 10.2 Å². The Balaban J connectivity index is 1.45. The SMILES string of the molecule is O=C(CN1CCN(C(=O)c2ccc(Cl)cc2Cl)CC1)NCc1ccc(Cl)cc1. The molecule has 0 atom stereocenters. The van der Waals surface area contributed by atoms with Gasteiger partial charge in [-0.25, -0.2) is 0 Å². The highest BCUT2D eigenvalue weighted by Gasteiger charge is 2.24. The van der Waals surface area contributed by atoms with Gasteiger partial charge in [0.15, 0.2) is 0 Å². The van der Waals surface area contributed by atoms with Gasteiger partial charge in [-0.1, -0.05) is 46.9 Å². The van der Waals surface area contributed by atoms with Crippen LogP contribution < -0.4 is 5.32 Å². The summed E-state index contributed by atoms with van der Waals surface area (Å²) in [6.07, 6.45) is 0. The number of amides is 2. The van der Waals surface area contributed by atoms with Gasteiger partial charge in [0.2, 0.25) is 5.91 Å². The van der Waals surface area contributed by atoms with E-state index in [1.165, 1.54) is 0 Å². The summed E-state index contributed by atoms with van der Waals surface area (Å²) in [5.41, 5.74) is 1.44. The first-order chi connectivity index (χ1) is 13.4. The quantitative estimate of drug-likeness (QED) is 0.771. The second-order valence-electron chi connectivity index (χ2n) is 6.60. The zero-order valence-corrected chi connectivity index (χ0v) is 17.4. The van der Waals surface area contributed by atoms with Gasteiger partial charge in [0, 0.05) is 42.8 Å². The molecule has 2 amide bonds. The van der Waals surface area contributed by atoms with Gasteiger partial charge in [-0.05, 0) is 35.9 Å². The van der Waals surface area contributed by atoms with Crippen molar-refractivity contribution in [1.82, 2.24) is 15.1 Å². The first-order valence-corrected chi connectivity index (χ1v) is 10.0. The van der Waals surface area contributed by atoms with Gasteiger partial charge in [0.1, 0.15) is 0 Å². The number of benzene rings is 2. The van der Waals surface area contributed by atoms with Crippen LogP contribution in [0, 0.1) is 0 Å². The third-order valence-corrected chi connectivity index (χ3v) is 5.39. The van der Waals surface area contributed by atoms with Crippen LogP contribution in [0.2, 0.25) is 15.1 Å². The number of nitrogens with zero attached hydrogens (tertiary/aromatic N) is 2. The van der Waals surface area contributed by atoms with E-state index in [-0.39, 0.29) is 11.8 Å². The maximum absolute atomic E-state index is 12.6. The molecule has 0 spiro atoms. The lowest BCUT2D eigenvalue weighted by Crippen LogP contribution is -2.51. The minimum Gasteiger partial charge on any atom is -0.351 e. The van der Waals surface area contributed by atoms with E-state index < -0.39 is 0 Å². The molecule has 5 nitrogen and oxygen atoms in total. The zero-order chi connectivity index (χ0) is 20.1. The molecule has 0 aliphatic carbocycles. The molecule has 1 heterocycles. The van der Waals surface area contributed by atoms with Gasteiger partial charge in [-0.3, -0.25) is 14.5 Å². The van der Waals surface area contributed by atoms with Gasteiger partial charge in [-0.2, -0.15) is 0 Å². The first-order valence-electron chi connectivity index (χ1n) is 8.90.